The van der Waals surface area contributed by atoms with E-state index in [4.69, 9.17) is 4.98 Å². The molecule has 3 heterocycles. The van der Waals surface area contributed by atoms with Crippen LogP contribution < -0.4 is 4.90 Å². The fourth-order valence-electron chi connectivity index (χ4n) is 3.79. The van der Waals surface area contributed by atoms with Gasteiger partial charge in [-0.1, -0.05) is 36.8 Å². The van der Waals surface area contributed by atoms with Crippen LogP contribution in [0.3, 0.4) is 0 Å². The zero-order chi connectivity index (χ0) is 15.5. The Hall–Kier alpha value is -1.94. The molecule has 4 nitrogen and oxygen atoms in total. The Kier molecular flexibility index (Phi) is 4.24. The largest absolute Gasteiger partial charge is 0.354 e. The lowest BCUT2D eigenvalue weighted by Crippen LogP contribution is -2.55. The quantitative estimate of drug-likeness (QED) is 0.873. The van der Waals surface area contributed by atoms with Gasteiger partial charge in [0, 0.05) is 38.3 Å². The number of piperidine rings is 1. The monoisotopic (exact) mass is 308 g/mol. The first-order valence-electron chi connectivity index (χ1n) is 8.73. The van der Waals surface area contributed by atoms with Crippen molar-refractivity contribution in [3.8, 4) is 0 Å². The highest BCUT2D eigenvalue weighted by atomic mass is 15.3. The van der Waals surface area contributed by atoms with Crippen molar-refractivity contribution >= 4 is 5.82 Å². The van der Waals surface area contributed by atoms with Gasteiger partial charge in [0.15, 0.2) is 0 Å². The van der Waals surface area contributed by atoms with Gasteiger partial charge in [0.1, 0.15) is 11.6 Å². The third-order valence-electron chi connectivity index (χ3n) is 5.06. The molecule has 2 aliphatic heterocycles. The van der Waals surface area contributed by atoms with E-state index in [1.807, 2.05) is 12.3 Å². The number of fused-ring (bicyclic) bond motifs is 1. The van der Waals surface area contributed by atoms with Gasteiger partial charge in [0.05, 0.1) is 0 Å². The van der Waals surface area contributed by atoms with E-state index in [-0.39, 0.29) is 0 Å². The SMILES string of the molecule is c1ccc(Cc2nccc(N3CCN4CCCCC4C3)n2)cc1. The molecule has 1 unspecified atom stereocenters. The second-order valence-electron chi connectivity index (χ2n) is 6.63. The first kappa shape index (κ1) is 14.6. The molecule has 23 heavy (non-hydrogen) atoms. The highest BCUT2D eigenvalue weighted by Gasteiger charge is 2.29. The summed E-state index contributed by atoms with van der Waals surface area (Å²) in [5, 5.41) is 0. The third-order valence-corrected chi connectivity index (χ3v) is 5.06. The molecular formula is C19H24N4. The zero-order valence-corrected chi connectivity index (χ0v) is 13.6. The normalized spacial score (nSPS) is 21.9. The van der Waals surface area contributed by atoms with Crippen LogP contribution in [0.15, 0.2) is 42.6 Å². The summed E-state index contributed by atoms with van der Waals surface area (Å²) in [6, 6.07) is 13.2. The predicted octanol–water partition coefficient (Wildman–Crippen LogP) is 2.74. The minimum atomic E-state index is 0.713. The second kappa shape index (κ2) is 6.67. The van der Waals surface area contributed by atoms with Crippen molar-refractivity contribution in [2.75, 3.05) is 31.1 Å². The van der Waals surface area contributed by atoms with Crippen molar-refractivity contribution in [3.05, 3.63) is 54.0 Å². The van der Waals surface area contributed by atoms with Gasteiger partial charge in [-0.3, -0.25) is 4.90 Å². The first-order chi connectivity index (χ1) is 11.4. The van der Waals surface area contributed by atoms with Gasteiger partial charge in [0.2, 0.25) is 0 Å². The molecule has 1 aromatic heterocycles. The van der Waals surface area contributed by atoms with Gasteiger partial charge < -0.3 is 4.90 Å². The fourth-order valence-corrected chi connectivity index (χ4v) is 3.79. The Morgan fingerprint density at radius 1 is 1.00 bits per heavy atom. The highest BCUT2D eigenvalue weighted by molar-refractivity contribution is 5.39. The van der Waals surface area contributed by atoms with Crippen molar-refractivity contribution in [1.82, 2.24) is 14.9 Å². The molecular weight excluding hydrogens is 284 g/mol. The molecule has 0 spiro atoms. The van der Waals surface area contributed by atoms with Crippen molar-refractivity contribution in [1.29, 1.82) is 0 Å². The molecule has 4 heteroatoms. The van der Waals surface area contributed by atoms with Gasteiger partial charge in [-0.15, -0.1) is 0 Å². The van der Waals surface area contributed by atoms with Gasteiger partial charge in [-0.05, 0) is 31.0 Å². The Morgan fingerprint density at radius 3 is 2.83 bits per heavy atom. The molecule has 2 aliphatic rings. The molecule has 4 rings (SSSR count). The second-order valence-corrected chi connectivity index (χ2v) is 6.63. The van der Waals surface area contributed by atoms with Crippen LogP contribution in [-0.4, -0.2) is 47.1 Å². The molecule has 0 aliphatic carbocycles. The summed E-state index contributed by atoms with van der Waals surface area (Å²) in [4.78, 5) is 14.4. The highest BCUT2D eigenvalue weighted by Crippen LogP contribution is 2.24. The van der Waals surface area contributed by atoms with Crippen LogP contribution in [0.4, 0.5) is 5.82 Å². The average Bonchev–Trinajstić information content (AvgIpc) is 2.62. The number of piperazine rings is 1. The summed E-state index contributed by atoms with van der Waals surface area (Å²) in [6.45, 7) is 4.64. The van der Waals surface area contributed by atoms with Crippen LogP contribution in [-0.2, 0) is 6.42 Å². The average molecular weight is 308 g/mol. The lowest BCUT2D eigenvalue weighted by Gasteiger charge is -2.44. The smallest absolute Gasteiger partial charge is 0.135 e. The standard InChI is InChI=1S/C19H24N4/c1-2-6-16(7-3-1)14-18-20-10-9-19(21-18)23-13-12-22-11-5-4-8-17(22)15-23/h1-3,6-7,9-10,17H,4-5,8,11-15H2. The maximum Gasteiger partial charge on any atom is 0.135 e. The van der Waals surface area contributed by atoms with Gasteiger partial charge >= 0.3 is 0 Å². The molecule has 1 atom stereocenters. The minimum absolute atomic E-state index is 0.713. The topological polar surface area (TPSA) is 32.3 Å². The Bertz CT molecular complexity index is 643. The lowest BCUT2D eigenvalue weighted by molar-refractivity contribution is 0.133. The Balaban J connectivity index is 1.48. The molecule has 2 saturated heterocycles. The maximum absolute atomic E-state index is 4.83. The molecule has 120 valence electrons. The van der Waals surface area contributed by atoms with E-state index in [0.29, 0.717) is 6.04 Å². The van der Waals surface area contributed by atoms with Crippen LogP contribution in [0.25, 0.3) is 0 Å². The minimum Gasteiger partial charge on any atom is -0.354 e. The summed E-state index contributed by atoms with van der Waals surface area (Å²) in [5.74, 6) is 2.01. The van der Waals surface area contributed by atoms with E-state index < -0.39 is 0 Å². The number of rotatable bonds is 3. The molecule has 0 N–H and O–H groups in total. The van der Waals surface area contributed by atoms with Crippen molar-refractivity contribution < 1.29 is 0 Å². The van der Waals surface area contributed by atoms with Gasteiger partial charge in [-0.25, -0.2) is 9.97 Å². The first-order valence-corrected chi connectivity index (χ1v) is 8.73. The summed E-state index contributed by atoms with van der Waals surface area (Å²) >= 11 is 0. The van der Waals surface area contributed by atoms with Gasteiger partial charge in [0.25, 0.3) is 0 Å². The van der Waals surface area contributed by atoms with E-state index in [0.717, 1.165) is 31.2 Å². The van der Waals surface area contributed by atoms with Crippen LogP contribution >= 0.6 is 0 Å². The summed E-state index contributed by atoms with van der Waals surface area (Å²) in [6.07, 6.45) is 6.79. The number of hydrogen-bond donors (Lipinski definition) is 0. The van der Waals surface area contributed by atoms with Crippen LogP contribution in [0, 0.1) is 0 Å². The number of aromatic nitrogens is 2. The molecule has 0 bridgehead atoms. The number of anilines is 1. The van der Waals surface area contributed by atoms with E-state index >= 15 is 0 Å². The molecule has 1 aromatic carbocycles. The fraction of sp³-hybridized carbons (Fsp3) is 0.474. The Labute approximate surface area is 138 Å². The summed E-state index contributed by atoms with van der Waals surface area (Å²) < 4.78 is 0. The maximum atomic E-state index is 4.83. The molecule has 0 radical (unpaired) electrons. The van der Waals surface area contributed by atoms with E-state index in [2.05, 4.69) is 45.1 Å². The molecule has 0 saturated carbocycles. The van der Waals surface area contributed by atoms with Gasteiger partial charge in [-0.2, -0.15) is 0 Å². The van der Waals surface area contributed by atoms with Crippen LogP contribution in [0.1, 0.15) is 30.7 Å². The van der Waals surface area contributed by atoms with E-state index in [1.54, 1.807) is 0 Å². The van der Waals surface area contributed by atoms with Crippen LogP contribution in [0.5, 0.6) is 0 Å². The molecule has 2 aromatic rings. The van der Waals surface area contributed by atoms with E-state index in [9.17, 15) is 0 Å². The van der Waals surface area contributed by atoms with E-state index in [1.165, 1.54) is 37.9 Å². The Morgan fingerprint density at radius 2 is 1.91 bits per heavy atom. The lowest BCUT2D eigenvalue weighted by atomic mass is 9.99. The molecule has 2 fully saturated rings. The summed E-state index contributed by atoms with van der Waals surface area (Å²) in [5.41, 5.74) is 1.27. The zero-order valence-electron chi connectivity index (χ0n) is 13.6. The number of hydrogen-bond acceptors (Lipinski definition) is 4. The van der Waals surface area contributed by atoms with Crippen molar-refractivity contribution in [2.24, 2.45) is 0 Å². The number of nitrogens with zero attached hydrogens (tertiary/aromatic N) is 4. The number of benzene rings is 1. The molecule has 0 amide bonds. The van der Waals surface area contributed by atoms with Crippen molar-refractivity contribution in [3.63, 3.8) is 0 Å². The van der Waals surface area contributed by atoms with Crippen molar-refractivity contribution in [2.45, 2.75) is 31.7 Å². The van der Waals surface area contributed by atoms with Crippen LogP contribution in [0.2, 0.25) is 0 Å². The summed E-state index contributed by atoms with van der Waals surface area (Å²) in [7, 11) is 0. The predicted molar refractivity (Wildman–Crippen MR) is 92.7 cm³/mol. The third kappa shape index (κ3) is 3.37.